The van der Waals surface area contributed by atoms with Gasteiger partial charge in [-0.15, -0.1) is 0 Å². The molecular formula is C14H14Br2N2. The fourth-order valence-electron chi connectivity index (χ4n) is 2.66. The number of nitrogens with zero attached hydrogens (tertiary/aromatic N) is 1. The number of nitrogens with two attached hydrogens (primary N) is 1. The maximum absolute atomic E-state index is 6.18. The number of fused-ring (bicyclic) bond motifs is 1. The van der Waals surface area contributed by atoms with Crippen LogP contribution in [0.2, 0.25) is 0 Å². The zero-order chi connectivity index (χ0) is 12.7. The molecule has 1 aromatic heterocycles. The van der Waals surface area contributed by atoms with Crippen LogP contribution in [0.25, 0.3) is 5.69 Å². The summed E-state index contributed by atoms with van der Waals surface area (Å²) in [5, 5.41) is 0. The first kappa shape index (κ1) is 12.5. The van der Waals surface area contributed by atoms with Gasteiger partial charge in [-0.1, -0.05) is 6.07 Å². The molecule has 0 saturated carbocycles. The van der Waals surface area contributed by atoms with Gasteiger partial charge < -0.3 is 10.3 Å². The maximum Gasteiger partial charge on any atom is 0.0738 e. The number of para-hydroxylation sites is 1. The molecular weight excluding hydrogens is 356 g/mol. The lowest BCUT2D eigenvalue weighted by Gasteiger charge is -2.21. The minimum absolute atomic E-state index is 0.191. The van der Waals surface area contributed by atoms with Crippen LogP contribution in [0.15, 0.2) is 39.4 Å². The molecule has 0 fully saturated rings. The summed E-state index contributed by atoms with van der Waals surface area (Å²) in [4.78, 5) is 0. The minimum Gasteiger partial charge on any atom is -0.324 e. The maximum atomic E-state index is 6.18. The van der Waals surface area contributed by atoms with Crippen molar-refractivity contribution in [2.24, 2.45) is 5.73 Å². The van der Waals surface area contributed by atoms with Gasteiger partial charge in [-0.2, -0.15) is 0 Å². The van der Waals surface area contributed by atoms with E-state index in [0.717, 1.165) is 27.5 Å². The van der Waals surface area contributed by atoms with E-state index in [1.54, 1.807) is 0 Å². The summed E-state index contributed by atoms with van der Waals surface area (Å²) in [6.45, 7) is 0. The largest absolute Gasteiger partial charge is 0.324 e. The molecule has 1 atom stereocenters. The Labute approximate surface area is 123 Å². The van der Waals surface area contributed by atoms with Crippen LogP contribution in [0.5, 0.6) is 0 Å². The molecule has 2 N–H and O–H groups in total. The van der Waals surface area contributed by atoms with Gasteiger partial charge in [-0.05, 0) is 74.9 Å². The summed E-state index contributed by atoms with van der Waals surface area (Å²) in [5.41, 5.74) is 9.98. The Morgan fingerprint density at radius 2 is 1.89 bits per heavy atom. The zero-order valence-electron chi connectivity index (χ0n) is 9.87. The van der Waals surface area contributed by atoms with Crippen LogP contribution >= 0.6 is 31.9 Å². The summed E-state index contributed by atoms with van der Waals surface area (Å²) in [6.07, 6.45) is 5.49. The number of benzene rings is 1. The van der Waals surface area contributed by atoms with Gasteiger partial charge in [0.25, 0.3) is 0 Å². The number of hydrogen-bond acceptors (Lipinski definition) is 1. The van der Waals surface area contributed by atoms with Gasteiger partial charge in [0, 0.05) is 26.9 Å². The fraction of sp³-hybridized carbons (Fsp3) is 0.286. The van der Waals surface area contributed by atoms with Crippen molar-refractivity contribution in [1.29, 1.82) is 0 Å². The number of rotatable bonds is 1. The van der Waals surface area contributed by atoms with Gasteiger partial charge in [0.1, 0.15) is 0 Å². The topological polar surface area (TPSA) is 30.9 Å². The molecule has 4 heteroatoms. The van der Waals surface area contributed by atoms with Gasteiger partial charge >= 0.3 is 0 Å². The van der Waals surface area contributed by atoms with E-state index in [2.05, 4.69) is 60.8 Å². The molecule has 2 aromatic rings. The second kappa shape index (κ2) is 4.83. The summed E-state index contributed by atoms with van der Waals surface area (Å²) in [7, 11) is 0. The molecule has 94 valence electrons. The van der Waals surface area contributed by atoms with Crippen molar-refractivity contribution >= 4 is 31.9 Å². The molecule has 1 aliphatic carbocycles. The fourth-order valence-corrected chi connectivity index (χ4v) is 4.04. The SMILES string of the molecule is NC1CCCc2c1ccn2-c1c(Br)cccc1Br. The normalized spacial score (nSPS) is 18.7. The van der Waals surface area contributed by atoms with E-state index in [1.807, 2.05) is 6.07 Å². The molecule has 18 heavy (non-hydrogen) atoms. The molecule has 2 nitrogen and oxygen atoms in total. The number of hydrogen-bond donors (Lipinski definition) is 1. The Morgan fingerprint density at radius 3 is 2.61 bits per heavy atom. The predicted octanol–water partition coefficient (Wildman–Crippen LogP) is 4.34. The summed E-state index contributed by atoms with van der Waals surface area (Å²) in [6, 6.07) is 8.51. The number of halogens is 2. The van der Waals surface area contributed by atoms with Crippen molar-refractivity contribution in [2.45, 2.75) is 25.3 Å². The molecule has 3 rings (SSSR count). The molecule has 0 saturated heterocycles. The van der Waals surface area contributed by atoms with Crippen molar-refractivity contribution in [3.8, 4) is 5.69 Å². The van der Waals surface area contributed by atoms with Crippen LogP contribution in [0.4, 0.5) is 0 Å². The standard InChI is InChI=1S/C14H14Br2N2/c15-10-3-1-4-11(16)14(10)18-8-7-9-12(17)5-2-6-13(9)18/h1,3-4,7-8,12H,2,5-6,17H2. The molecule has 1 aliphatic rings. The predicted molar refractivity (Wildman–Crippen MR) is 81.0 cm³/mol. The van der Waals surface area contributed by atoms with Crippen LogP contribution in [0.3, 0.4) is 0 Å². The smallest absolute Gasteiger partial charge is 0.0738 e. The Kier molecular flexibility index (Phi) is 3.34. The highest BCUT2D eigenvalue weighted by Crippen LogP contribution is 2.35. The second-order valence-electron chi connectivity index (χ2n) is 4.66. The van der Waals surface area contributed by atoms with E-state index >= 15 is 0 Å². The molecule has 1 unspecified atom stereocenters. The average Bonchev–Trinajstić information content (AvgIpc) is 2.75. The third kappa shape index (κ3) is 1.96. The molecule has 0 amide bonds. The lowest BCUT2D eigenvalue weighted by Crippen LogP contribution is -2.18. The molecule has 0 spiro atoms. The van der Waals surface area contributed by atoms with Gasteiger partial charge in [0.2, 0.25) is 0 Å². The third-order valence-electron chi connectivity index (χ3n) is 3.53. The highest BCUT2D eigenvalue weighted by Gasteiger charge is 2.22. The van der Waals surface area contributed by atoms with Crippen molar-refractivity contribution in [3.63, 3.8) is 0 Å². The highest BCUT2D eigenvalue weighted by molar-refractivity contribution is 9.11. The lowest BCUT2D eigenvalue weighted by molar-refractivity contribution is 0.560. The van der Waals surface area contributed by atoms with Gasteiger partial charge in [-0.3, -0.25) is 0 Å². The first-order valence-electron chi connectivity index (χ1n) is 6.08. The van der Waals surface area contributed by atoms with Gasteiger partial charge in [0.15, 0.2) is 0 Å². The van der Waals surface area contributed by atoms with E-state index < -0.39 is 0 Å². The number of aromatic nitrogens is 1. The third-order valence-corrected chi connectivity index (χ3v) is 4.81. The molecule has 1 heterocycles. The molecule has 1 aromatic carbocycles. The van der Waals surface area contributed by atoms with Crippen LogP contribution < -0.4 is 5.73 Å². The summed E-state index contributed by atoms with van der Waals surface area (Å²) >= 11 is 7.26. The van der Waals surface area contributed by atoms with Crippen LogP contribution in [-0.2, 0) is 6.42 Å². The minimum atomic E-state index is 0.191. The zero-order valence-corrected chi connectivity index (χ0v) is 13.0. The van der Waals surface area contributed by atoms with E-state index in [4.69, 9.17) is 5.73 Å². The Bertz CT molecular complexity index is 569. The monoisotopic (exact) mass is 368 g/mol. The van der Waals surface area contributed by atoms with Crippen LogP contribution in [0, 0.1) is 0 Å². The summed E-state index contributed by atoms with van der Waals surface area (Å²) in [5.74, 6) is 0. The van der Waals surface area contributed by atoms with E-state index in [-0.39, 0.29) is 6.04 Å². The van der Waals surface area contributed by atoms with Gasteiger partial charge in [0.05, 0.1) is 5.69 Å². The van der Waals surface area contributed by atoms with Gasteiger partial charge in [-0.25, -0.2) is 0 Å². The van der Waals surface area contributed by atoms with E-state index in [9.17, 15) is 0 Å². The van der Waals surface area contributed by atoms with Crippen molar-refractivity contribution in [3.05, 3.63) is 50.7 Å². The van der Waals surface area contributed by atoms with Crippen LogP contribution in [-0.4, -0.2) is 4.57 Å². The van der Waals surface area contributed by atoms with Crippen molar-refractivity contribution in [2.75, 3.05) is 0 Å². The quantitative estimate of drug-likeness (QED) is 0.796. The highest BCUT2D eigenvalue weighted by atomic mass is 79.9. The first-order valence-corrected chi connectivity index (χ1v) is 7.67. The second-order valence-corrected chi connectivity index (χ2v) is 6.37. The van der Waals surface area contributed by atoms with Crippen molar-refractivity contribution in [1.82, 2.24) is 4.57 Å². The summed E-state index contributed by atoms with van der Waals surface area (Å²) < 4.78 is 4.44. The first-order chi connectivity index (χ1) is 8.68. The Balaban J connectivity index is 2.19. The van der Waals surface area contributed by atoms with E-state index in [1.165, 1.54) is 17.7 Å². The van der Waals surface area contributed by atoms with Crippen LogP contribution in [0.1, 0.15) is 30.1 Å². The molecule has 0 bridgehead atoms. The lowest BCUT2D eigenvalue weighted by atomic mass is 9.93. The molecule has 0 aliphatic heterocycles. The van der Waals surface area contributed by atoms with E-state index in [0.29, 0.717) is 0 Å². The Hall–Kier alpha value is -0.580. The van der Waals surface area contributed by atoms with Crippen molar-refractivity contribution < 1.29 is 0 Å². The molecule has 0 radical (unpaired) electrons. The Morgan fingerprint density at radius 1 is 1.17 bits per heavy atom. The average molecular weight is 370 g/mol.